The van der Waals surface area contributed by atoms with Crippen molar-refractivity contribution in [3.8, 4) is 5.75 Å². The van der Waals surface area contributed by atoms with Crippen molar-refractivity contribution < 1.29 is 14.3 Å². The maximum Gasteiger partial charge on any atom is 0.260 e. The smallest absolute Gasteiger partial charge is 0.260 e. The first-order valence-corrected chi connectivity index (χ1v) is 9.38. The highest BCUT2D eigenvalue weighted by molar-refractivity contribution is 5.94. The van der Waals surface area contributed by atoms with Crippen molar-refractivity contribution in [2.75, 3.05) is 33.8 Å². The van der Waals surface area contributed by atoms with Gasteiger partial charge in [0.05, 0.1) is 0 Å². The monoisotopic (exact) mass is 397 g/mol. The Hall–Kier alpha value is -1.79. The van der Waals surface area contributed by atoms with Crippen molar-refractivity contribution >= 4 is 24.2 Å². The van der Waals surface area contributed by atoms with E-state index in [2.05, 4.69) is 19.2 Å². The van der Waals surface area contributed by atoms with Gasteiger partial charge in [0.15, 0.2) is 6.61 Å². The Balaban J connectivity index is 0.00000364. The average molecular weight is 398 g/mol. The van der Waals surface area contributed by atoms with Crippen LogP contribution >= 0.6 is 12.4 Å². The van der Waals surface area contributed by atoms with Crippen molar-refractivity contribution in [2.45, 2.75) is 45.2 Å². The number of likely N-dealkylation sites (tertiary alicyclic amines) is 1. The van der Waals surface area contributed by atoms with Gasteiger partial charge in [-0.3, -0.25) is 9.59 Å². The summed E-state index contributed by atoms with van der Waals surface area (Å²) in [4.78, 5) is 28.4. The summed E-state index contributed by atoms with van der Waals surface area (Å²) in [6.07, 6.45) is 3.27. The number of carbonyl (C=O) groups excluding carboxylic acids is 2. The van der Waals surface area contributed by atoms with E-state index < -0.39 is 0 Å². The Bertz CT molecular complexity index is 599. The SMILES string of the molecule is CNCCN(C)C(=O)c1ccc(OCC(=O)N2C(C)CCCC2C)cc1.Cl. The molecule has 1 fully saturated rings. The lowest BCUT2D eigenvalue weighted by Gasteiger charge is -2.38. The minimum absolute atomic E-state index is 0. The van der Waals surface area contributed by atoms with Crippen molar-refractivity contribution in [1.82, 2.24) is 15.1 Å². The van der Waals surface area contributed by atoms with E-state index in [-0.39, 0.29) is 42.9 Å². The molecule has 2 unspecified atom stereocenters. The fourth-order valence-electron chi connectivity index (χ4n) is 3.43. The van der Waals surface area contributed by atoms with Crippen LogP contribution in [0, 0.1) is 0 Å². The van der Waals surface area contributed by atoms with Crippen LogP contribution in [0.2, 0.25) is 0 Å². The Morgan fingerprint density at radius 2 is 1.78 bits per heavy atom. The molecule has 0 radical (unpaired) electrons. The molecule has 1 heterocycles. The summed E-state index contributed by atoms with van der Waals surface area (Å²) in [5.41, 5.74) is 0.612. The van der Waals surface area contributed by atoms with E-state index >= 15 is 0 Å². The normalized spacial score (nSPS) is 19.2. The second kappa shape index (κ2) is 11.1. The third kappa shape index (κ3) is 6.40. The Morgan fingerprint density at radius 1 is 1.19 bits per heavy atom. The van der Waals surface area contributed by atoms with Crippen LogP contribution < -0.4 is 10.1 Å². The molecule has 152 valence electrons. The summed E-state index contributed by atoms with van der Waals surface area (Å²) in [6, 6.07) is 7.50. The number of hydrogen-bond acceptors (Lipinski definition) is 4. The number of halogens is 1. The second-order valence-corrected chi connectivity index (χ2v) is 7.07. The van der Waals surface area contributed by atoms with Crippen molar-refractivity contribution in [1.29, 1.82) is 0 Å². The molecule has 2 rings (SSSR count). The van der Waals surface area contributed by atoms with Gasteiger partial charge < -0.3 is 19.9 Å². The number of benzene rings is 1. The summed E-state index contributed by atoms with van der Waals surface area (Å²) < 4.78 is 5.65. The molecule has 1 aromatic rings. The fourth-order valence-corrected chi connectivity index (χ4v) is 3.43. The Labute approximate surface area is 168 Å². The molecule has 6 nitrogen and oxygen atoms in total. The summed E-state index contributed by atoms with van der Waals surface area (Å²) in [6.45, 7) is 5.62. The van der Waals surface area contributed by atoms with Crippen LogP contribution in [0.15, 0.2) is 24.3 Å². The predicted molar refractivity (Wildman–Crippen MR) is 110 cm³/mol. The van der Waals surface area contributed by atoms with E-state index in [0.717, 1.165) is 19.4 Å². The largest absolute Gasteiger partial charge is 0.484 e. The van der Waals surface area contributed by atoms with Gasteiger partial charge in [-0.2, -0.15) is 0 Å². The van der Waals surface area contributed by atoms with Gasteiger partial charge >= 0.3 is 0 Å². The lowest BCUT2D eigenvalue weighted by Crippen LogP contribution is -2.49. The first-order valence-electron chi connectivity index (χ1n) is 9.38. The molecule has 0 spiro atoms. The molecule has 0 aromatic heterocycles. The van der Waals surface area contributed by atoms with Gasteiger partial charge in [0.25, 0.3) is 11.8 Å². The van der Waals surface area contributed by atoms with E-state index in [1.54, 1.807) is 36.2 Å². The maximum atomic E-state index is 12.5. The van der Waals surface area contributed by atoms with E-state index in [0.29, 0.717) is 17.9 Å². The third-order valence-corrected chi connectivity index (χ3v) is 4.99. The lowest BCUT2D eigenvalue weighted by atomic mass is 9.97. The number of likely N-dealkylation sites (N-methyl/N-ethyl adjacent to an activating group) is 2. The number of rotatable bonds is 7. The molecule has 0 saturated carbocycles. The molecular formula is C20H32ClN3O3. The van der Waals surface area contributed by atoms with Gasteiger partial charge in [0.1, 0.15) is 5.75 Å². The van der Waals surface area contributed by atoms with Gasteiger partial charge in [-0.1, -0.05) is 0 Å². The Kier molecular flexibility index (Phi) is 9.60. The molecule has 7 heteroatoms. The average Bonchev–Trinajstić information content (AvgIpc) is 2.64. The van der Waals surface area contributed by atoms with Crippen LogP contribution in [0.1, 0.15) is 43.5 Å². The van der Waals surface area contributed by atoms with Gasteiger partial charge in [-0.25, -0.2) is 0 Å². The van der Waals surface area contributed by atoms with Gasteiger partial charge in [0, 0.05) is 37.8 Å². The van der Waals surface area contributed by atoms with Crippen LogP contribution in [0.4, 0.5) is 0 Å². The highest BCUT2D eigenvalue weighted by Crippen LogP contribution is 2.23. The molecule has 1 saturated heterocycles. The summed E-state index contributed by atoms with van der Waals surface area (Å²) >= 11 is 0. The van der Waals surface area contributed by atoms with Gasteiger partial charge in [-0.15, -0.1) is 12.4 Å². The standard InChI is InChI=1S/C20H31N3O3.ClH/c1-15-6-5-7-16(2)23(15)19(24)14-26-18-10-8-17(9-11-18)20(25)22(4)13-12-21-3;/h8-11,15-16,21H,5-7,12-14H2,1-4H3;1H. The Morgan fingerprint density at radius 3 is 2.33 bits per heavy atom. The molecule has 1 N–H and O–H groups in total. The molecular weight excluding hydrogens is 366 g/mol. The fraction of sp³-hybridized carbons (Fsp3) is 0.600. The van der Waals surface area contributed by atoms with Crippen molar-refractivity contribution in [2.24, 2.45) is 0 Å². The number of ether oxygens (including phenoxy) is 1. The molecule has 1 aromatic carbocycles. The van der Waals surface area contributed by atoms with Crippen LogP contribution in [-0.4, -0.2) is 67.5 Å². The summed E-state index contributed by atoms with van der Waals surface area (Å²) in [7, 11) is 3.64. The quantitative estimate of drug-likeness (QED) is 0.768. The van der Waals surface area contributed by atoms with Crippen molar-refractivity contribution in [3.63, 3.8) is 0 Å². The molecule has 1 aliphatic heterocycles. The van der Waals surface area contributed by atoms with Gasteiger partial charge in [0.2, 0.25) is 0 Å². The minimum Gasteiger partial charge on any atom is -0.484 e. The highest BCUT2D eigenvalue weighted by atomic mass is 35.5. The highest BCUT2D eigenvalue weighted by Gasteiger charge is 2.28. The van der Waals surface area contributed by atoms with Crippen molar-refractivity contribution in [3.05, 3.63) is 29.8 Å². The molecule has 0 aliphatic carbocycles. The number of amides is 2. The number of nitrogens with zero attached hydrogens (tertiary/aromatic N) is 2. The van der Waals surface area contributed by atoms with E-state index in [1.807, 2.05) is 11.9 Å². The number of nitrogens with one attached hydrogen (secondary N) is 1. The number of hydrogen-bond donors (Lipinski definition) is 1. The summed E-state index contributed by atoms with van der Waals surface area (Å²) in [5.74, 6) is 0.598. The zero-order valence-corrected chi connectivity index (χ0v) is 17.6. The number of carbonyl (C=O) groups is 2. The van der Waals surface area contributed by atoms with Gasteiger partial charge in [-0.05, 0) is 64.4 Å². The summed E-state index contributed by atoms with van der Waals surface area (Å²) in [5, 5.41) is 3.02. The molecule has 1 aliphatic rings. The number of piperidine rings is 1. The molecule has 2 amide bonds. The van der Waals surface area contributed by atoms with E-state index in [9.17, 15) is 9.59 Å². The minimum atomic E-state index is -0.0288. The maximum absolute atomic E-state index is 12.5. The van der Waals surface area contributed by atoms with Crippen LogP contribution in [0.3, 0.4) is 0 Å². The van der Waals surface area contributed by atoms with E-state index in [4.69, 9.17) is 4.74 Å². The molecule has 27 heavy (non-hydrogen) atoms. The lowest BCUT2D eigenvalue weighted by molar-refractivity contribution is -0.139. The molecule has 2 atom stereocenters. The predicted octanol–water partition coefficient (Wildman–Crippen LogP) is 2.57. The third-order valence-electron chi connectivity index (χ3n) is 4.99. The zero-order chi connectivity index (χ0) is 19.1. The second-order valence-electron chi connectivity index (χ2n) is 7.07. The first kappa shape index (κ1) is 23.2. The zero-order valence-electron chi connectivity index (χ0n) is 16.7. The van der Waals surface area contributed by atoms with Crippen LogP contribution in [-0.2, 0) is 4.79 Å². The topological polar surface area (TPSA) is 61.9 Å². The van der Waals surface area contributed by atoms with Crippen LogP contribution in [0.5, 0.6) is 5.75 Å². The molecule has 0 bridgehead atoms. The first-order chi connectivity index (χ1) is 12.4. The van der Waals surface area contributed by atoms with E-state index in [1.165, 1.54) is 6.42 Å². The van der Waals surface area contributed by atoms with Crippen LogP contribution in [0.25, 0.3) is 0 Å².